The summed E-state index contributed by atoms with van der Waals surface area (Å²) in [5, 5.41) is 0. The number of hydrogen-bond donors (Lipinski definition) is 0. The molecule has 27 heavy (non-hydrogen) atoms. The molecule has 0 spiro atoms. The van der Waals surface area contributed by atoms with Gasteiger partial charge in [0.1, 0.15) is 18.1 Å². The Bertz CT molecular complexity index is 794. The van der Waals surface area contributed by atoms with Crippen molar-refractivity contribution in [3.8, 4) is 11.5 Å². The van der Waals surface area contributed by atoms with Crippen molar-refractivity contribution in [3.05, 3.63) is 54.6 Å². The van der Waals surface area contributed by atoms with Crippen molar-refractivity contribution in [2.45, 2.75) is 6.42 Å². The molecule has 6 nitrogen and oxygen atoms in total. The van der Waals surface area contributed by atoms with Gasteiger partial charge in [-0.15, -0.1) is 0 Å². The van der Waals surface area contributed by atoms with Gasteiger partial charge in [0, 0.05) is 20.0 Å². The van der Waals surface area contributed by atoms with Crippen LogP contribution in [0.1, 0.15) is 6.42 Å². The maximum atomic E-state index is 12.7. The number of nitrogens with zero attached hydrogens (tertiary/aromatic N) is 2. The van der Waals surface area contributed by atoms with E-state index in [-0.39, 0.29) is 24.2 Å². The van der Waals surface area contributed by atoms with Crippen LogP contribution in [-0.4, -0.2) is 50.6 Å². The Morgan fingerprint density at radius 1 is 1.15 bits per heavy atom. The summed E-state index contributed by atoms with van der Waals surface area (Å²) in [7, 11) is 3.31. The molecule has 2 aromatic carbocycles. The number of rotatable bonds is 7. The molecule has 2 amide bonds. The molecule has 1 heterocycles. The van der Waals surface area contributed by atoms with Crippen LogP contribution in [0.15, 0.2) is 54.6 Å². The topological polar surface area (TPSA) is 59.1 Å². The van der Waals surface area contributed by atoms with Crippen LogP contribution in [0.25, 0.3) is 0 Å². The average molecular weight is 368 g/mol. The number of likely N-dealkylation sites (N-methyl/N-ethyl adjacent to an activating group) is 1. The van der Waals surface area contributed by atoms with Gasteiger partial charge >= 0.3 is 0 Å². The molecule has 0 aliphatic carbocycles. The third-order valence-corrected chi connectivity index (χ3v) is 4.67. The molecule has 0 aromatic heterocycles. The summed E-state index contributed by atoms with van der Waals surface area (Å²) in [5.41, 5.74) is 0.704. The second kappa shape index (κ2) is 8.58. The molecule has 3 rings (SSSR count). The van der Waals surface area contributed by atoms with Crippen molar-refractivity contribution in [1.82, 2.24) is 4.90 Å². The molecule has 6 heteroatoms. The lowest BCUT2D eigenvalue weighted by atomic mass is 10.1. The molecule has 2 aromatic rings. The zero-order chi connectivity index (χ0) is 19.2. The van der Waals surface area contributed by atoms with Gasteiger partial charge in [-0.3, -0.25) is 9.59 Å². The van der Waals surface area contributed by atoms with Crippen molar-refractivity contribution >= 4 is 17.5 Å². The fourth-order valence-electron chi connectivity index (χ4n) is 3.20. The Kier molecular flexibility index (Phi) is 5.96. The zero-order valence-corrected chi connectivity index (χ0v) is 15.6. The number of amides is 2. The van der Waals surface area contributed by atoms with Gasteiger partial charge < -0.3 is 19.3 Å². The number of methoxy groups -OCH3 is 1. The molecular weight excluding hydrogens is 344 g/mol. The van der Waals surface area contributed by atoms with Crippen LogP contribution in [0.4, 0.5) is 5.69 Å². The van der Waals surface area contributed by atoms with Gasteiger partial charge in [-0.2, -0.15) is 0 Å². The lowest BCUT2D eigenvalue weighted by Gasteiger charge is -2.22. The first-order valence-corrected chi connectivity index (χ1v) is 8.96. The maximum Gasteiger partial charge on any atom is 0.227 e. The fourth-order valence-corrected chi connectivity index (χ4v) is 3.20. The molecule has 1 unspecified atom stereocenters. The highest BCUT2D eigenvalue weighted by molar-refractivity contribution is 6.01. The second-order valence-electron chi connectivity index (χ2n) is 6.50. The number of benzene rings is 2. The van der Waals surface area contributed by atoms with E-state index in [4.69, 9.17) is 9.47 Å². The van der Waals surface area contributed by atoms with Gasteiger partial charge in [0.15, 0.2) is 0 Å². The lowest BCUT2D eigenvalue weighted by molar-refractivity contribution is -0.134. The minimum absolute atomic E-state index is 0.0441. The standard InChI is InChI=1S/C21H24N2O4/c1-22(12-13-27-17-8-4-3-5-9-17)21(25)16-14-20(24)23(15-16)18-10-6-7-11-19(18)26-2/h3-11,16H,12-15H2,1-2H3. The van der Waals surface area contributed by atoms with E-state index >= 15 is 0 Å². The van der Waals surface area contributed by atoms with Gasteiger partial charge in [0.05, 0.1) is 25.3 Å². The summed E-state index contributed by atoms with van der Waals surface area (Å²) in [6.07, 6.45) is 0.209. The molecule has 1 atom stereocenters. The van der Waals surface area contributed by atoms with E-state index in [1.54, 1.807) is 24.0 Å². The van der Waals surface area contributed by atoms with E-state index in [2.05, 4.69) is 0 Å². The van der Waals surface area contributed by atoms with Gasteiger partial charge in [-0.25, -0.2) is 0 Å². The monoisotopic (exact) mass is 368 g/mol. The second-order valence-corrected chi connectivity index (χ2v) is 6.50. The van der Waals surface area contributed by atoms with Crippen molar-refractivity contribution in [1.29, 1.82) is 0 Å². The summed E-state index contributed by atoms with van der Waals surface area (Å²) in [6.45, 7) is 1.23. The van der Waals surface area contributed by atoms with Crippen LogP contribution in [0.5, 0.6) is 11.5 Å². The first kappa shape index (κ1) is 18.8. The molecular formula is C21H24N2O4. The smallest absolute Gasteiger partial charge is 0.227 e. The van der Waals surface area contributed by atoms with E-state index in [0.29, 0.717) is 31.1 Å². The summed E-state index contributed by atoms with van der Waals surface area (Å²) >= 11 is 0. The van der Waals surface area contributed by atoms with E-state index in [1.807, 2.05) is 54.6 Å². The Morgan fingerprint density at radius 3 is 2.59 bits per heavy atom. The summed E-state index contributed by atoms with van der Waals surface area (Å²) < 4.78 is 11.0. The van der Waals surface area contributed by atoms with Crippen molar-refractivity contribution in [2.75, 3.05) is 38.8 Å². The largest absolute Gasteiger partial charge is 0.495 e. The Balaban J connectivity index is 1.56. The van der Waals surface area contributed by atoms with Gasteiger partial charge in [-0.05, 0) is 24.3 Å². The van der Waals surface area contributed by atoms with Gasteiger partial charge in [0.2, 0.25) is 11.8 Å². The molecule has 1 saturated heterocycles. The van der Waals surface area contributed by atoms with E-state index in [1.165, 1.54) is 0 Å². The van der Waals surface area contributed by atoms with Crippen LogP contribution < -0.4 is 14.4 Å². The summed E-state index contributed by atoms with van der Waals surface area (Å²) in [5.74, 6) is 0.939. The lowest BCUT2D eigenvalue weighted by Crippen LogP contribution is -2.37. The van der Waals surface area contributed by atoms with E-state index in [9.17, 15) is 9.59 Å². The molecule has 0 N–H and O–H groups in total. The third-order valence-electron chi connectivity index (χ3n) is 4.67. The maximum absolute atomic E-state index is 12.7. The first-order chi connectivity index (χ1) is 13.1. The van der Waals surface area contributed by atoms with Crippen LogP contribution in [-0.2, 0) is 9.59 Å². The van der Waals surface area contributed by atoms with E-state index < -0.39 is 0 Å². The molecule has 0 saturated carbocycles. The minimum Gasteiger partial charge on any atom is -0.495 e. The molecule has 1 aliphatic rings. The Morgan fingerprint density at radius 2 is 1.85 bits per heavy atom. The first-order valence-electron chi connectivity index (χ1n) is 8.96. The highest BCUT2D eigenvalue weighted by atomic mass is 16.5. The van der Waals surface area contributed by atoms with Crippen LogP contribution >= 0.6 is 0 Å². The zero-order valence-electron chi connectivity index (χ0n) is 15.6. The van der Waals surface area contributed by atoms with Crippen molar-refractivity contribution in [2.24, 2.45) is 5.92 Å². The van der Waals surface area contributed by atoms with Crippen LogP contribution in [0, 0.1) is 5.92 Å². The number of para-hydroxylation sites is 3. The number of hydrogen-bond acceptors (Lipinski definition) is 4. The van der Waals surface area contributed by atoms with Gasteiger partial charge in [0.25, 0.3) is 0 Å². The van der Waals surface area contributed by atoms with Gasteiger partial charge in [-0.1, -0.05) is 30.3 Å². The number of ether oxygens (including phenoxy) is 2. The molecule has 1 fully saturated rings. The average Bonchev–Trinajstić information content (AvgIpc) is 3.09. The van der Waals surface area contributed by atoms with E-state index in [0.717, 1.165) is 5.75 Å². The highest BCUT2D eigenvalue weighted by Crippen LogP contribution is 2.33. The number of carbonyl (C=O) groups is 2. The Labute approximate surface area is 159 Å². The number of anilines is 1. The summed E-state index contributed by atoms with van der Waals surface area (Å²) in [4.78, 5) is 28.4. The fraction of sp³-hybridized carbons (Fsp3) is 0.333. The summed E-state index contributed by atoms with van der Waals surface area (Å²) in [6, 6.07) is 16.8. The number of carbonyl (C=O) groups excluding carboxylic acids is 2. The molecule has 0 radical (unpaired) electrons. The minimum atomic E-state index is -0.357. The molecule has 142 valence electrons. The quantitative estimate of drug-likeness (QED) is 0.754. The van der Waals surface area contributed by atoms with Crippen LogP contribution in [0.2, 0.25) is 0 Å². The molecule has 0 bridgehead atoms. The molecule has 1 aliphatic heterocycles. The predicted molar refractivity (Wildman–Crippen MR) is 103 cm³/mol. The predicted octanol–water partition coefficient (Wildman–Crippen LogP) is 2.59. The van der Waals surface area contributed by atoms with Crippen molar-refractivity contribution < 1.29 is 19.1 Å². The van der Waals surface area contributed by atoms with Crippen molar-refractivity contribution in [3.63, 3.8) is 0 Å². The third kappa shape index (κ3) is 4.39. The highest BCUT2D eigenvalue weighted by Gasteiger charge is 2.37. The Hall–Kier alpha value is -3.02. The normalized spacial score (nSPS) is 16.3. The SMILES string of the molecule is COc1ccccc1N1CC(C(=O)N(C)CCOc2ccccc2)CC1=O. The van der Waals surface area contributed by atoms with Crippen LogP contribution in [0.3, 0.4) is 0 Å².